The van der Waals surface area contributed by atoms with Gasteiger partial charge >= 0.3 is 0 Å². The number of carbonyl (C=O) groups is 1. The Morgan fingerprint density at radius 1 is 1.36 bits per heavy atom. The van der Waals surface area contributed by atoms with Gasteiger partial charge in [-0.1, -0.05) is 0 Å². The molecule has 134 valence electrons. The van der Waals surface area contributed by atoms with Gasteiger partial charge in [0.25, 0.3) is 0 Å². The number of aliphatic hydroxyl groups excluding tert-OH is 1. The number of nitrogens with two attached hydrogens (primary N) is 1. The van der Waals surface area contributed by atoms with Gasteiger partial charge in [-0.15, -0.1) is 0 Å². The molecule has 2 saturated heterocycles. The molecule has 0 aliphatic carbocycles. The number of rotatable bonds is 2. The number of ether oxygens (including phenoxy) is 1. The molecule has 3 rings (SSSR count). The van der Waals surface area contributed by atoms with E-state index in [9.17, 15) is 15.2 Å². The number of amides is 1. The Hall–Kier alpha value is -2.44. The minimum Gasteiger partial charge on any atom is -0.389 e. The number of carbonyl (C=O) groups excluding carboxylic acids is 1. The van der Waals surface area contributed by atoms with E-state index < -0.39 is 11.5 Å². The average molecular weight is 346 g/mol. The Morgan fingerprint density at radius 3 is 2.80 bits per heavy atom. The maximum Gasteiger partial charge on any atom is 0.243 e. The van der Waals surface area contributed by atoms with E-state index in [1.807, 2.05) is 4.90 Å². The van der Waals surface area contributed by atoms with Gasteiger partial charge in [0.2, 0.25) is 5.91 Å². The molecule has 9 nitrogen and oxygen atoms in total. The fraction of sp³-hybridized carbons (Fsp3) is 0.625. The molecule has 0 bridgehead atoms. The lowest BCUT2D eigenvalue weighted by atomic mass is 9.80. The summed E-state index contributed by atoms with van der Waals surface area (Å²) in [6.45, 7) is 2.24. The Bertz CT molecular complexity index is 670. The van der Waals surface area contributed by atoms with Gasteiger partial charge in [0.15, 0.2) is 0 Å². The zero-order valence-electron chi connectivity index (χ0n) is 14.0. The van der Waals surface area contributed by atoms with Gasteiger partial charge in [0, 0.05) is 45.5 Å². The first-order valence-corrected chi connectivity index (χ1v) is 8.33. The minimum absolute atomic E-state index is 0.195. The van der Waals surface area contributed by atoms with Crippen molar-refractivity contribution in [3.8, 4) is 6.07 Å². The van der Waals surface area contributed by atoms with Crippen molar-refractivity contribution in [3.63, 3.8) is 0 Å². The van der Waals surface area contributed by atoms with Crippen LogP contribution in [0.3, 0.4) is 0 Å². The van der Waals surface area contributed by atoms with E-state index >= 15 is 0 Å². The van der Waals surface area contributed by atoms with E-state index in [1.54, 1.807) is 11.0 Å². The quantitative estimate of drug-likeness (QED) is 0.725. The highest BCUT2D eigenvalue weighted by atomic mass is 16.5. The van der Waals surface area contributed by atoms with Crippen LogP contribution in [0.1, 0.15) is 12.8 Å². The second-order valence-corrected chi connectivity index (χ2v) is 6.46. The smallest absolute Gasteiger partial charge is 0.243 e. The molecule has 2 aliphatic rings. The highest BCUT2D eigenvalue weighted by Crippen LogP contribution is 2.32. The van der Waals surface area contributed by atoms with Crippen molar-refractivity contribution in [1.29, 1.82) is 5.26 Å². The maximum absolute atomic E-state index is 13.0. The van der Waals surface area contributed by atoms with Gasteiger partial charge < -0.3 is 25.4 Å². The number of nitriles is 1. The molecular formula is C16H22N6O3. The van der Waals surface area contributed by atoms with Gasteiger partial charge in [-0.25, -0.2) is 9.97 Å². The monoisotopic (exact) mass is 346 g/mol. The number of β-amino-alcohol motifs (C(OH)–C–C–N with tert-alkyl or cyclic N) is 1. The van der Waals surface area contributed by atoms with Crippen LogP contribution in [-0.2, 0) is 9.53 Å². The fourth-order valence-electron chi connectivity index (χ4n) is 3.31. The molecule has 0 aromatic carbocycles. The van der Waals surface area contributed by atoms with Crippen LogP contribution in [0.4, 0.5) is 11.6 Å². The number of nitrogen functional groups attached to an aromatic ring is 1. The average Bonchev–Trinajstić information content (AvgIpc) is 2.83. The minimum atomic E-state index is -1.05. The van der Waals surface area contributed by atoms with E-state index in [0.717, 1.165) is 0 Å². The first-order valence-electron chi connectivity index (χ1n) is 8.33. The van der Waals surface area contributed by atoms with Crippen molar-refractivity contribution in [3.05, 3.63) is 12.4 Å². The summed E-state index contributed by atoms with van der Waals surface area (Å²) in [6, 6.07) is 3.83. The first kappa shape index (κ1) is 17.4. The predicted octanol–water partition coefficient (Wildman–Crippen LogP) is -0.611. The molecular weight excluding hydrogens is 324 g/mol. The van der Waals surface area contributed by atoms with E-state index in [2.05, 4.69) is 16.0 Å². The molecule has 2 aliphatic heterocycles. The number of aliphatic hydroxyl groups is 1. The van der Waals surface area contributed by atoms with E-state index in [0.29, 0.717) is 57.3 Å². The summed E-state index contributed by atoms with van der Waals surface area (Å²) in [6.07, 6.45) is 1.41. The molecule has 3 N–H and O–H groups in total. The maximum atomic E-state index is 13.0. The van der Waals surface area contributed by atoms with Crippen LogP contribution in [-0.4, -0.2) is 71.4 Å². The second-order valence-electron chi connectivity index (χ2n) is 6.46. The lowest BCUT2D eigenvalue weighted by Gasteiger charge is -2.34. The third kappa shape index (κ3) is 3.65. The zero-order chi connectivity index (χ0) is 17.9. The van der Waals surface area contributed by atoms with Crippen LogP contribution in [0, 0.1) is 16.7 Å². The van der Waals surface area contributed by atoms with Gasteiger partial charge in [-0.05, 0) is 12.8 Å². The Balaban J connectivity index is 1.74. The van der Waals surface area contributed by atoms with E-state index in [4.69, 9.17) is 10.5 Å². The molecule has 1 aromatic rings. The Labute approximate surface area is 146 Å². The van der Waals surface area contributed by atoms with E-state index in [1.165, 1.54) is 6.33 Å². The molecule has 0 unspecified atom stereocenters. The third-order valence-electron chi connectivity index (χ3n) is 4.76. The predicted molar refractivity (Wildman–Crippen MR) is 89.3 cm³/mol. The summed E-state index contributed by atoms with van der Waals surface area (Å²) < 4.78 is 5.29. The second kappa shape index (κ2) is 7.21. The van der Waals surface area contributed by atoms with E-state index in [-0.39, 0.29) is 12.5 Å². The van der Waals surface area contributed by atoms with Crippen LogP contribution < -0.4 is 10.6 Å². The van der Waals surface area contributed by atoms with Crippen molar-refractivity contribution in [2.45, 2.75) is 18.9 Å². The Kier molecular flexibility index (Phi) is 5.01. The largest absolute Gasteiger partial charge is 0.389 e. The fourth-order valence-corrected chi connectivity index (χ4v) is 3.31. The number of hydrogen-bond acceptors (Lipinski definition) is 8. The van der Waals surface area contributed by atoms with Crippen LogP contribution in [0.2, 0.25) is 0 Å². The molecule has 0 radical (unpaired) electrons. The van der Waals surface area contributed by atoms with Gasteiger partial charge in [-0.2, -0.15) is 5.26 Å². The lowest BCUT2D eigenvalue weighted by molar-refractivity contribution is -0.144. The standard InChI is InChI=1S/C16H22N6O3/c17-10-16(1-5-25-6-2-16)15(24)22-4-3-21(8-12(23)9-22)14-7-13(18)19-11-20-14/h7,11-12,23H,1-6,8-9H2,(H2,18,19,20)/t12-/m0/s1. The van der Waals surface area contributed by atoms with Crippen molar-refractivity contribution in [2.24, 2.45) is 5.41 Å². The molecule has 25 heavy (non-hydrogen) atoms. The normalized spacial score (nSPS) is 23.6. The number of anilines is 2. The van der Waals surface area contributed by atoms with Crippen LogP contribution in [0.15, 0.2) is 12.4 Å². The number of aromatic nitrogens is 2. The summed E-state index contributed by atoms with van der Waals surface area (Å²) in [4.78, 5) is 24.5. The van der Waals surface area contributed by atoms with Crippen molar-refractivity contribution in [2.75, 3.05) is 50.0 Å². The van der Waals surface area contributed by atoms with Gasteiger partial charge in [0.05, 0.1) is 12.2 Å². The van der Waals surface area contributed by atoms with Crippen molar-refractivity contribution in [1.82, 2.24) is 14.9 Å². The van der Waals surface area contributed by atoms with Gasteiger partial charge in [0.1, 0.15) is 23.4 Å². The molecule has 0 spiro atoms. The lowest BCUT2D eigenvalue weighted by Crippen LogP contribution is -2.48. The summed E-state index contributed by atoms with van der Waals surface area (Å²) >= 11 is 0. The van der Waals surface area contributed by atoms with Gasteiger partial charge in [-0.3, -0.25) is 4.79 Å². The summed E-state index contributed by atoms with van der Waals surface area (Å²) in [5, 5.41) is 19.9. The molecule has 3 heterocycles. The summed E-state index contributed by atoms with van der Waals surface area (Å²) in [5.41, 5.74) is 4.65. The first-order chi connectivity index (χ1) is 12.0. The SMILES string of the molecule is N#CC1(C(=O)N2CCN(c3cc(N)ncn3)C[C@H](O)C2)CCOCC1. The molecule has 2 fully saturated rings. The molecule has 1 aromatic heterocycles. The molecule has 0 saturated carbocycles. The zero-order valence-corrected chi connectivity index (χ0v) is 14.0. The third-order valence-corrected chi connectivity index (χ3v) is 4.76. The topological polar surface area (TPSA) is 129 Å². The van der Waals surface area contributed by atoms with Crippen LogP contribution in [0.5, 0.6) is 0 Å². The highest BCUT2D eigenvalue weighted by Gasteiger charge is 2.44. The van der Waals surface area contributed by atoms with Crippen molar-refractivity contribution >= 4 is 17.5 Å². The summed E-state index contributed by atoms with van der Waals surface area (Å²) in [5.74, 6) is 0.741. The molecule has 1 atom stereocenters. The van der Waals surface area contributed by atoms with Crippen molar-refractivity contribution < 1.29 is 14.6 Å². The number of nitrogens with zero attached hydrogens (tertiary/aromatic N) is 5. The number of hydrogen-bond donors (Lipinski definition) is 2. The Morgan fingerprint density at radius 2 is 2.12 bits per heavy atom. The molecule has 1 amide bonds. The van der Waals surface area contributed by atoms with Crippen LogP contribution >= 0.6 is 0 Å². The van der Waals surface area contributed by atoms with Crippen LogP contribution in [0.25, 0.3) is 0 Å². The summed E-state index contributed by atoms with van der Waals surface area (Å²) in [7, 11) is 0. The molecule has 9 heteroatoms. The highest BCUT2D eigenvalue weighted by molar-refractivity contribution is 5.85.